The Hall–Kier alpha value is -5.42. The summed E-state index contributed by atoms with van der Waals surface area (Å²) in [4.78, 5) is 133. The molecule has 12 atom stereocenters. The molecule has 0 radical (unpaired) electrons. The number of carbonyl (C=O) groups is 10. The Bertz CT molecular complexity index is 1780. The second kappa shape index (κ2) is 29.6. The van der Waals surface area contributed by atoms with Crippen LogP contribution in [0.5, 0.6) is 0 Å². The summed E-state index contributed by atoms with van der Waals surface area (Å²) in [6, 6.07) is -12.0. The van der Waals surface area contributed by atoms with Crippen LogP contribution in [0.2, 0.25) is 0 Å². The van der Waals surface area contributed by atoms with E-state index in [0.717, 1.165) is 4.90 Å². The van der Waals surface area contributed by atoms with Gasteiger partial charge < -0.3 is 68.3 Å². The summed E-state index contributed by atoms with van der Waals surface area (Å²) in [5, 5.41) is 57.7. The number of hydrogen-bond donors (Lipinski definition) is 12. The van der Waals surface area contributed by atoms with Crippen molar-refractivity contribution < 1.29 is 68.4 Å². The molecule has 23 nitrogen and oxygen atoms in total. The van der Waals surface area contributed by atoms with Crippen LogP contribution in [0.15, 0.2) is 0 Å². The third-order valence-corrected chi connectivity index (χ3v) is 12.2. The molecule has 0 aromatic carbocycles. The number of aliphatic carboxylic acids is 2. The fourth-order valence-corrected chi connectivity index (χ4v) is 7.59. The maximum absolute atomic E-state index is 13.9. The van der Waals surface area contributed by atoms with E-state index < -0.39 is 151 Å². The van der Waals surface area contributed by atoms with E-state index >= 15 is 0 Å². The first kappa shape index (κ1) is 61.6. The number of carboxylic acids is 2. The normalized spacial score (nSPS) is 18.5. The Morgan fingerprint density at radius 3 is 1.57 bits per heavy atom. The number of nitrogens with zero attached hydrogens (tertiary/aromatic N) is 1. The molecule has 1 fully saturated rings. The van der Waals surface area contributed by atoms with E-state index in [4.69, 9.17) is 5.73 Å². The topological polar surface area (TPSA) is 365 Å². The fraction of sp³-hybridized carbons (Fsp3) is 0.783. The fourth-order valence-electron chi connectivity index (χ4n) is 7.59. The van der Waals surface area contributed by atoms with E-state index in [9.17, 15) is 68.4 Å². The molecule has 0 unspecified atom stereocenters. The standard InChI is InChI=1S/C46H81N9O14/c1-12-25(9)34(47)41(63)49-29(19-22(3)4)39(61)52-35(24(7)8)42(64)48-28(16-17-33(58)59)38(60)51-31(21-56)45(67)55-18-14-15-32(55)40(62)54-37(27(11)57)44(66)53-36(26(10)13-2)43(65)50-30(46(68)69)20-23(5)6/h22-32,34-37,56-57H,12-21,47H2,1-11H3,(H,48,64)(H,49,63)(H,50,65)(H,51,60)(H,52,61)(H,53,66)(H,54,62)(H,58,59)(H,68,69)/t25-,26-,27+,28-,29-,30-,31-,32-,34-,35-,36-,37-/m0/s1. The van der Waals surface area contributed by atoms with Crippen molar-refractivity contribution in [3.63, 3.8) is 0 Å². The molecule has 69 heavy (non-hydrogen) atoms. The van der Waals surface area contributed by atoms with Crippen molar-refractivity contribution in [3.05, 3.63) is 0 Å². The van der Waals surface area contributed by atoms with Crippen LogP contribution in [0.1, 0.15) is 128 Å². The van der Waals surface area contributed by atoms with Gasteiger partial charge in [0.05, 0.1) is 18.8 Å². The molecule has 0 aromatic heterocycles. The minimum Gasteiger partial charge on any atom is -0.481 e. The summed E-state index contributed by atoms with van der Waals surface area (Å²) in [6.45, 7) is 17.7. The summed E-state index contributed by atoms with van der Waals surface area (Å²) in [6.07, 6.45) is -0.987. The minimum absolute atomic E-state index is 0.0387. The van der Waals surface area contributed by atoms with Crippen molar-refractivity contribution in [1.29, 1.82) is 0 Å². The monoisotopic (exact) mass is 984 g/mol. The summed E-state index contributed by atoms with van der Waals surface area (Å²) in [7, 11) is 0. The van der Waals surface area contributed by atoms with Crippen molar-refractivity contribution in [2.75, 3.05) is 13.2 Å². The Kier molecular flexibility index (Phi) is 26.4. The average molecular weight is 984 g/mol. The largest absolute Gasteiger partial charge is 0.481 e. The lowest BCUT2D eigenvalue weighted by Crippen LogP contribution is -2.62. The molecule has 1 aliphatic heterocycles. The molecule has 1 saturated heterocycles. The molecule has 0 aromatic rings. The summed E-state index contributed by atoms with van der Waals surface area (Å²) in [5.74, 6) is -10.8. The third-order valence-electron chi connectivity index (χ3n) is 12.2. The Labute approximate surface area is 405 Å². The van der Waals surface area contributed by atoms with Gasteiger partial charge in [0.15, 0.2) is 0 Å². The van der Waals surface area contributed by atoms with E-state index in [1.54, 1.807) is 48.5 Å². The molecule has 1 aliphatic rings. The number of aliphatic hydroxyl groups is 2. The lowest BCUT2D eigenvalue weighted by Gasteiger charge is -2.31. The van der Waals surface area contributed by atoms with Gasteiger partial charge in [-0.25, -0.2) is 4.79 Å². The van der Waals surface area contributed by atoms with Crippen LogP contribution in [-0.2, 0) is 47.9 Å². The molecule has 0 bridgehead atoms. The van der Waals surface area contributed by atoms with Crippen LogP contribution in [-0.4, -0.2) is 158 Å². The highest BCUT2D eigenvalue weighted by Gasteiger charge is 2.41. The molecule has 0 aliphatic carbocycles. The maximum atomic E-state index is 13.9. The van der Waals surface area contributed by atoms with Crippen LogP contribution in [0.4, 0.5) is 0 Å². The predicted octanol–water partition coefficient (Wildman–Crippen LogP) is -1.14. The number of likely N-dealkylation sites (tertiary alicyclic amines) is 1. The average Bonchev–Trinajstić information content (AvgIpc) is 3.77. The zero-order valence-electron chi connectivity index (χ0n) is 42.1. The van der Waals surface area contributed by atoms with Crippen molar-refractivity contribution >= 4 is 59.2 Å². The molecular weight excluding hydrogens is 903 g/mol. The number of carboxylic acid groups (broad SMARTS) is 2. The lowest BCUT2D eigenvalue weighted by atomic mass is 9.96. The number of nitrogens with two attached hydrogens (primary N) is 1. The zero-order valence-corrected chi connectivity index (χ0v) is 42.1. The summed E-state index contributed by atoms with van der Waals surface area (Å²) >= 11 is 0. The Morgan fingerprint density at radius 1 is 0.594 bits per heavy atom. The van der Waals surface area contributed by atoms with Gasteiger partial charge >= 0.3 is 11.9 Å². The van der Waals surface area contributed by atoms with Crippen LogP contribution in [0.3, 0.4) is 0 Å². The van der Waals surface area contributed by atoms with E-state index in [1.807, 2.05) is 20.8 Å². The first-order chi connectivity index (χ1) is 32.1. The SMILES string of the molecule is CC[C@H](C)[C@H](N)C(=O)N[C@@H](CC(C)C)C(=O)N[C@H](C(=O)N[C@@H](CCC(=O)O)C(=O)N[C@@H](CO)C(=O)N1CCC[C@H]1C(=O)N[C@H](C(=O)N[C@H](C(=O)N[C@@H](CC(C)C)C(=O)O)[C@@H](C)CC)[C@@H](C)O)C(C)C. The highest BCUT2D eigenvalue weighted by atomic mass is 16.4. The second-order valence-electron chi connectivity index (χ2n) is 19.4. The third kappa shape index (κ3) is 19.8. The molecule has 0 spiro atoms. The van der Waals surface area contributed by atoms with Gasteiger partial charge in [-0.15, -0.1) is 0 Å². The number of carbonyl (C=O) groups excluding carboxylic acids is 8. The molecule has 1 heterocycles. The van der Waals surface area contributed by atoms with Gasteiger partial charge in [-0.2, -0.15) is 0 Å². The molecular formula is C46H81N9O14. The van der Waals surface area contributed by atoms with E-state index in [0.29, 0.717) is 12.8 Å². The maximum Gasteiger partial charge on any atom is 0.326 e. The van der Waals surface area contributed by atoms with E-state index in [-0.39, 0.29) is 50.0 Å². The lowest BCUT2D eigenvalue weighted by molar-refractivity contribution is -0.144. The van der Waals surface area contributed by atoms with Gasteiger partial charge in [-0.3, -0.25) is 43.2 Å². The van der Waals surface area contributed by atoms with Gasteiger partial charge in [0.2, 0.25) is 47.3 Å². The van der Waals surface area contributed by atoms with E-state index in [1.165, 1.54) is 6.92 Å². The van der Waals surface area contributed by atoms with Crippen molar-refractivity contribution in [3.8, 4) is 0 Å². The van der Waals surface area contributed by atoms with Crippen molar-refractivity contribution in [1.82, 2.24) is 42.1 Å². The smallest absolute Gasteiger partial charge is 0.326 e. The number of hydrogen-bond acceptors (Lipinski definition) is 13. The molecule has 1 rings (SSSR count). The predicted molar refractivity (Wildman–Crippen MR) is 252 cm³/mol. The highest BCUT2D eigenvalue weighted by molar-refractivity contribution is 5.98. The van der Waals surface area contributed by atoms with Crippen molar-refractivity contribution in [2.45, 2.75) is 188 Å². The van der Waals surface area contributed by atoms with Crippen LogP contribution in [0, 0.1) is 29.6 Å². The highest BCUT2D eigenvalue weighted by Crippen LogP contribution is 2.20. The molecule has 13 N–H and O–H groups in total. The number of aliphatic hydroxyl groups excluding tert-OH is 2. The first-order valence-electron chi connectivity index (χ1n) is 24.0. The number of rotatable bonds is 30. The zero-order chi connectivity index (χ0) is 53.0. The van der Waals surface area contributed by atoms with Crippen molar-refractivity contribution in [2.24, 2.45) is 35.3 Å². The van der Waals surface area contributed by atoms with Gasteiger partial charge in [0, 0.05) is 13.0 Å². The molecule has 23 heteroatoms. The molecule has 8 amide bonds. The minimum atomic E-state index is -1.71. The number of amides is 8. The van der Waals surface area contributed by atoms with Gasteiger partial charge in [0.25, 0.3) is 0 Å². The van der Waals surface area contributed by atoms with Gasteiger partial charge in [0.1, 0.15) is 48.3 Å². The summed E-state index contributed by atoms with van der Waals surface area (Å²) < 4.78 is 0. The Morgan fingerprint density at radius 2 is 1.07 bits per heavy atom. The Balaban J connectivity index is 3.30. The van der Waals surface area contributed by atoms with Crippen LogP contribution >= 0.6 is 0 Å². The van der Waals surface area contributed by atoms with Crippen LogP contribution < -0.4 is 43.0 Å². The van der Waals surface area contributed by atoms with Crippen LogP contribution in [0.25, 0.3) is 0 Å². The van der Waals surface area contributed by atoms with Gasteiger partial charge in [-0.05, 0) is 68.6 Å². The first-order valence-corrected chi connectivity index (χ1v) is 24.0. The quantitative estimate of drug-likeness (QED) is 0.0405. The molecule has 394 valence electrons. The molecule has 0 saturated carbocycles. The van der Waals surface area contributed by atoms with Gasteiger partial charge in [-0.1, -0.05) is 82.1 Å². The second-order valence-corrected chi connectivity index (χ2v) is 19.4. The van der Waals surface area contributed by atoms with E-state index in [2.05, 4.69) is 37.2 Å². The number of nitrogens with one attached hydrogen (secondary N) is 7. The summed E-state index contributed by atoms with van der Waals surface area (Å²) in [5.41, 5.74) is 6.11.